The van der Waals surface area contributed by atoms with Gasteiger partial charge in [-0.05, 0) is 43.4 Å². The number of hydrogen-bond acceptors (Lipinski definition) is 3. The van der Waals surface area contributed by atoms with Crippen molar-refractivity contribution in [1.82, 2.24) is 5.48 Å². The number of carbonyl (C=O) groups excluding carboxylic acids is 1. The van der Waals surface area contributed by atoms with Crippen molar-refractivity contribution in [3.63, 3.8) is 0 Å². The highest BCUT2D eigenvalue weighted by Crippen LogP contribution is 2.16. The van der Waals surface area contributed by atoms with Gasteiger partial charge in [0.05, 0.1) is 6.61 Å². The van der Waals surface area contributed by atoms with Gasteiger partial charge < -0.3 is 4.74 Å². The van der Waals surface area contributed by atoms with Gasteiger partial charge in [0.2, 0.25) is 5.91 Å². The first-order valence-corrected chi connectivity index (χ1v) is 9.91. The summed E-state index contributed by atoms with van der Waals surface area (Å²) >= 11 is 0. The maximum atomic E-state index is 10.9. The van der Waals surface area contributed by atoms with Gasteiger partial charge in [-0.3, -0.25) is 10.0 Å². The highest BCUT2D eigenvalue weighted by Gasteiger charge is 1.99. The molecule has 0 heterocycles. The number of ether oxygens (including phenoxy) is 1. The zero-order valence-corrected chi connectivity index (χ0v) is 15.8. The average Bonchev–Trinajstić information content (AvgIpc) is 2.64. The Morgan fingerprint density at radius 2 is 1.56 bits per heavy atom. The van der Waals surface area contributed by atoms with Crippen molar-refractivity contribution in [1.29, 1.82) is 0 Å². The van der Waals surface area contributed by atoms with Gasteiger partial charge in [-0.25, -0.2) is 5.48 Å². The number of nitrogens with one attached hydrogen (secondary N) is 1. The fourth-order valence-electron chi connectivity index (χ4n) is 2.85. The van der Waals surface area contributed by atoms with Gasteiger partial charge in [0.25, 0.3) is 0 Å². The molecule has 0 saturated heterocycles. The van der Waals surface area contributed by atoms with E-state index >= 15 is 0 Å². The van der Waals surface area contributed by atoms with Crippen molar-refractivity contribution in [3.05, 3.63) is 29.8 Å². The number of benzene rings is 1. The summed E-state index contributed by atoms with van der Waals surface area (Å²) in [4.78, 5) is 10.9. The van der Waals surface area contributed by atoms with E-state index in [9.17, 15) is 4.79 Å². The van der Waals surface area contributed by atoms with Crippen LogP contribution in [0.3, 0.4) is 0 Å². The van der Waals surface area contributed by atoms with E-state index in [2.05, 4.69) is 31.2 Å². The summed E-state index contributed by atoms with van der Waals surface area (Å²) in [5.41, 5.74) is 3.04. The lowest BCUT2D eigenvalue weighted by molar-refractivity contribution is -0.129. The number of rotatable bonds is 15. The predicted molar refractivity (Wildman–Crippen MR) is 102 cm³/mol. The summed E-state index contributed by atoms with van der Waals surface area (Å²) in [6.07, 6.45) is 13.2. The molecule has 142 valence electrons. The third-order valence-corrected chi connectivity index (χ3v) is 4.43. The lowest BCUT2D eigenvalue weighted by Crippen LogP contribution is -2.17. The van der Waals surface area contributed by atoms with Crippen molar-refractivity contribution in [2.75, 3.05) is 6.61 Å². The molecule has 0 fully saturated rings. The number of hydrogen-bond donors (Lipinski definition) is 2. The predicted octanol–water partition coefficient (Wildman–Crippen LogP) is 5.42. The summed E-state index contributed by atoms with van der Waals surface area (Å²) in [6.45, 7) is 3.04. The van der Waals surface area contributed by atoms with Crippen molar-refractivity contribution in [3.8, 4) is 5.75 Å². The lowest BCUT2D eigenvalue weighted by Gasteiger charge is -2.07. The quantitative estimate of drug-likeness (QED) is 0.252. The molecule has 0 aliphatic rings. The Morgan fingerprint density at radius 1 is 0.920 bits per heavy atom. The number of hydroxylamine groups is 1. The van der Waals surface area contributed by atoms with Crippen LogP contribution in [0.5, 0.6) is 5.75 Å². The molecular weight excluding hydrogens is 314 g/mol. The summed E-state index contributed by atoms with van der Waals surface area (Å²) in [7, 11) is 0. The van der Waals surface area contributed by atoms with Crippen molar-refractivity contribution in [2.24, 2.45) is 0 Å². The second kappa shape index (κ2) is 14.8. The summed E-state index contributed by atoms with van der Waals surface area (Å²) in [5.74, 6) is 0.695. The minimum absolute atomic E-state index is 0.284. The Hall–Kier alpha value is -1.55. The van der Waals surface area contributed by atoms with E-state index in [4.69, 9.17) is 9.94 Å². The normalized spacial score (nSPS) is 10.6. The SMILES string of the molecule is CCCCCCOc1ccc(CCCCCCCCC(=O)NO)cc1. The van der Waals surface area contributed by atoms with Gasteiger partial charge in [-0.15, -0.1) is 0 Å². The molecule has 0 radical (unpaired) electrons. The smallest absolute Gasteiger partial charge is 0.243 e. The molecule has 25 heavy (non-hydrogen) atoms. The second-order valence-electron chi connectivity index (χ2n) is 6.71. The summed E-state index contributed by atoms with van der Waals surface area (Å²) in [6, 6.07) is 8.52. The van der Waals surface area contributed by atoms with E-state index in [0.29, 0.717) is 6.42 Å². The molecule has 0 aliphatic heterocycles. The molecule has 1 aromatic carbocycles. The molecule has 1 rings (SSSR count). The van der Waals surface area contributed by atoms with Crippen LogP contribution in [0.15, 0.2) is 24.3 Å². The maximum absolute atomic E-state index is 10.9. The molecule has 0 bridgehead atoms. The fourth-order valence-corrected chi connectivity index (χ4v) is 2.85. The minimum atomic E-state index is -0.284. The third-order valence-electron chi connectivity index (χ3n) is 4.43. The molecule has 0 aromatic heterocycles. The molecule has 1 amide bonds. The Kier molecular flexibility index (Phi) is 12.7. The van der Waals surface area contributed by atoms with Gasteiger partial charge in [0, 0.05) is 6.42 Å². The first kappa shape index (κ1) is 21.5. The Morgan fingerprint density at radius 3 is 2.24 bits per heavy atom. The topological polar surface area (TPSA) is 58.6 Å². The van der Waals surface area contributed by atoms with Gasteiger partial charge in [-0.2, -0.15) is 0 Å². The van der Waals surface area contributed by atoms with Gasteiger partial charge in [-0.1, -0.05) is 64.0 Å². The highest BCUT2D eigenvalue weighted by molar-refractivity contribution is 5.74. The first-order valence-electron chi connectivity index (χ1n) is 9.91. The second-order valence-corrected chi connectivity index (χ2v) is 6.71. The third kappa shape index (κ3) is 11.6. The maximum Gasteiger partial charge on any atom is 0.243 e. The van der Waals surface area contributed by atoms with E-state index < -0.39 is 0 Å². The number of aryl methyl sites for hydroxylation is 1. The largest absolute Gasteiger partial charge is 0.494 e. The molecule has 0 unspecified atom stereocenters. The van der Waals surface area contributed by atoms with Crippen LogP contribution >= 0.6 is 0 Å². The molecule has 4 heteroatoms. The van der Waals surface area contributed by atoms with E-state index in [-0.39, 0.29) is 5.91 Å². The Bertz CT molecular complexity index is 445. The van der Waals surface area contributed by atoms with Crippen molar-refractivity contribution in [2.45, 2.75) is 84.0 Å². The van der Waals surface area contributed by atoms with Crippen LogP contribution in [0.4, 0.5) is 0 Å². The fraction of sp³-hybridized carbons (Fsp3) is 0.667. The zero-order valence-electron chi connectivity index (χ0n) is 15.8. The van der Waals surface area contributed by atoms with Gasteiger partial charge in [0.1, 0.15) is 5.75 Å². The van der Waals surface area contributed by atoms with E-state index in [1.807, 2.05) is 0 Å². The minimum Gasteiger partial charge on any atom is -0.494 e. The monoisotopic (exact) mass is 349 g/mol. The molecule has 0 saturated carbocycles. The zero-order chi connectivity index (χ0) is 18.2. The van der Waals surface area contributed by atoms with E-state index in [1.165, 1.54) is 44.1 Å². The van der Waals surface area contributed by atoms with Crippen LogP contribution in [-0.2, 0) is 11.2 Å². The van der Waals surface area contributed by atoms with Crippen LogP contribution in [0, 0.1) is 0 Å². The summed E-state index contributed by atoms with van der Waals surface area (Å²) < 4.78 is 5.77. The van der Waals surface area contributed by atoms with Gasteiger partial charge >= 0.3 is 0 Å². The number of carbonyl (C=O) groups is 1. The molecule has 0 aliphatic carbocycles. The van der Waals surface area contributed by atoms with E-state index in [1.54, 1.807) is 5.48 Å². The number of unbranched alkanes of at least 4 members (excludes halogenated alkanes) is 8. The van der Waals surface area contributed by atoms with Crippen LogP contribution in [0.1, 0.15) is 83.1 Å². The van der Waals surface area contributed by atoms with Gasteiger partial charge in [0.15, 0.2) is 0 Å². The van der Waals surface area contributed by atoms with Crippen LogP contribution in [0.25, 0.3) is 0 Å². The molecule has 0 atom stereocenters. The van der Waals surface area contributed by atoms with Crippen molar-refractivity contribution >= 4 is 5.91 Å². The Balaban J connectivity index is 2.01. The van der Waals surface area contributed by atoms with Crippen LogP contribution in [-0.4, -0.2) is 17.7 Å². The molecule has 1 aromatic rings. The molecule has 2 N–H and O–H groups in total. The standard InChI is InChI=1S/C21H35NO3/c1-2-3-4-11-18-25-20-16-14-19(15-17-20)12-9-7-5-6-8-10-13-21(23)22-24/h14-17,24H,2-13,18H2,1H3,(H,22,23). The molecule has 4 nitrogen and oxygen atoms in total. The highest BCUT2D eigenvalue weighted by atomic mass is 16.5. The molecule has 0 spiro atoms. The Labute approximate surface area is 152 Å². The summed E-state index contributed by atoms with van der Waals surface area (Å²) in [5, 5.41) is 8.40. The first-order chi connectivity index (χ1) is 12.3. The van der Waals surface area contributed by atoms with Crippen molar-refractivity contribution < 1.29 is 14.7 Å². The number of amides is 1. The lowest BCUT2D eigenvalue weighted by atomic mass is 10.0. The molecular formula is C21H35NO3. The van der Waals surface area contributed by atoms with E-state index in [0.717, 1.165) is 44.5 Å². The van der Waals surface area contributed by atoms with Crippen LogP contribution < -0.4 is 10.2 Å². The van der Waals surface area contributed by atoms with Crippen LogP contribution in [0.2, 0.25) is 0 Å². The average molecular weight is 350 g/mol.